The Morgan fingerprint density at radius 3 is 3.23 bits per heavy atom. The number of fused-ring (bicyclic) bond motifs is 1. The van der Waals surface area contributed by atoms with Crippen molar-refractivity contribution in [1.82, 2.24) is 20.5 Å². The molecule has 2 rings (SSSR count). The molecule has 5 heteroatoms. The van der Waals surface area contributed by atoms with Gasteiger partial charge in [0.1, 0.15) is 5.69 Å². The van der Waals surface area contributed by atoms with Crippen LogP contribution in [-0.2, 0) is 0 Å². The van der Waals surface area contributed by atoms with Gasteiger partial charge in [0.25, 0.3) is 5.91 Å². The van der Waals surface area contributed by atoms with E-state index in [9.17, 15) is 4.79 Å². The highest BCUT2D eigenvalue weighted by Crippen LogP contribution is 2.11. The predicted octanol–water partition coefficient (Wildman–Crippen LogP) is 0.317. The van der Waals surface area contributed by atoms with Crippen LogP contribution in [0.5, 0.6) is 0 Å². The van der Waals surface area contributed by atoms with Crippen molar-refractivity contribution in [2.45, 2.75) is 0 Å². The molecule has 13 heavy (non-hydrogen) atoms. The summed E-state index contributed by atoms with van der Waals surface area (Å²) in [6.07, 6.45) is 1.64. The molecule has 0 saturated carbocycles. The van der Waals surface area contributed by atoms with Gasteiger partial charge in [0.2, 0.25) is 0 Å². The first-order chi connectivity index (χ1) is 6.33. The van der Waals surface area contributed by atoms with Crippen molar-refractivity contribution in [3.8, 4) is 0 Å². The number of aromatic nitrogens is 3. The number of carbonyl (C=O) groups is 1. The van der Waals surface area contributed by atoms with E-state index in [-0.39, 0.29) is 5.91 Å². The molecule has 0 saturated heterocycles. The third kappa shape index (κ3) is 1.14. The molecule has 0 aliphatic heterocycles. The molecule has 0 atom stereocenters. The molecule has 2 aromatic rings. The van der Waals surface area contributed by atoms with Gasteiger partial charge in [-0.1, -0.05) is 0 Å². The van der Waals surface area contributed by atoms with Crippen LogP contribution in [-0.4, -0.2) is 28.1 Å². The Kier molecular flexibility index (Phi) is 1.70. The van der Waals surface area contributed by atoms with E-state index in [1.54, 1.807) is 25.4 Å². The molecule has 2 heterocycles. The number of H-pyrrole nitrogens is 1. The summed E-state index contributed by atoms with van der Waals surface area (Å²) < 4.78 is 0. The average molecular weight is 176 g/mol. The molecular weight excluding hydrogens is 168 g/mol. The van der Waals surface area contributed by atoms with Crippen molar-refractivity contribution < 1.29 is 4.79 Å². The number of rotatable bonds is 1. The lowest BCUT2D eigenvalue weighted by Crippen LogP contribution is -2.18. The van der Waals surface area contributed by atoms with Crippen molar-refractivity contribution in [2.75, 3.05) is 7.05 Å². The fraction of sp³-hybridized carbons (Fsp3) is 0.125. The van der Waals surface area contributed by atoms with Crippen molar-refractivity contribution in [1.29, 1.82) is 0 Å². The van der Waals surface area contributed by atoms with E-state index in [2.05, 4.69) is 20.5 Å². The van der Waals surface area contributed by atoms with Gasteiger partial charge in [-0.2, -0.15) is 5.10 Å². The van der Waals surface area contributed by atoms with Gasteiger partial charge >= 0.3 is 0 Å². The van der Waals surface area contributed by atoms with Gasteiger partial charge in [0.05, 0.1) is 5.39 Å². The third-order valence-electron chi connectivity index (χ3n) is 1.78. The molecule has 0 spiro atoms. The minimum Gasteiger partial charge on any atom is -0.354 e. The lowest BCUT2D eigenvalue weighted by atomic mass is 10.2. The van der Waals surface area contributed by atoms with Crippen LogP contribution in [0.25, 0.3) is 11.0 Å². The number of carbonyl (C=O) groups excluding carboxylic acids is 1. The topological polar surface area (TPSA) is 70.7 Å². The largest absolute Gasteiger partial charge is 0.354 e. The standard InChI is InChI=1S/C8H8N4O/c1-9-8(13)6-5-3-2-4-10-7(5)12-11-6/h2-4H,1H3,(H,9,13)(H,10,11,12). The van der Waals surface area contributed by atoms with E-state index in [1.165, 1.54) is 0 Å². The molecule has 0 aromatic carbocycles. The Hall–Kier alpha value is -1.91. The van der Waals surface area contributed by atoms with Crippen LogP contribution in [0.4, 0.5) is 0 Å². The Labute approximate surface area is 74.2 Å². The van der Waals surface area contributed by atoms with E-state index in [1.807, 2.05) is 0 Å². The summed E-state index contributed by atoms with van der Waals surface area (Å²) in [5.41, 5.74) is 1.01. The maximum atomic E-state index is 11.3. The summed E-state index contributed by atoms with van der Waals surface area (Å²) in [5, 5.41) is 9.79. The smallest absolute Gasteiger partial charge is 0.269 e. The second-order valence-electron chi connectivity index (χ2n) is 2.55. The monoisotopic (exact) mass is 176 g/mol. The van der Waals surface area contributed by atoms with Gasteiger partial charge in [0, 0.05) is 13.2 Å². The molecule has 5 nitrogen and oxygen atoms in total. The number of hydrogen-bond acceptors (Lipinski definition) is 3. The number of nitrogens with one attached hydrogen (secondary N) is 2. The first kappa shape index (κ1) is 7.72. The summed E-state index contributed by atoms with van der Waals surface area (Å²) in [6.45, 7) is 0. The summed E-state index contributed by atoms with van der Waals surface area (Å²) >= 11 is 0. The predicted molar refractivity (Wildman–Crippen MR) is 47.3 cm³/mol. The van der Waals surface area contributed by atoms with E-state index in [4.69, 9.17) is 0 Å². The summed E-state index contributed by atoms with van der Waals surface area (Å²) in [5.74, 6) is -0.185. The maximum absolute atomic E-state index is 11.3. The fourth-order valence-corrected chi connectivity index (χ4v) is 1.15. The Balaban J connectivity index is 2.64. The number of pyridine rings is 1. The molecule has 0 unspecified atom stereocenters. The molecule has 2 N–H and O–H groups in total. The molecule has 0 aliphatic rings. The van der Waals surface area contributed by atoms with Crippen LogP contribution in [0.15, 0.2) is 18.3 Å². The Morgan fingerprint density at radius 2 is 2.46 bits per heavy atom. The van der Waals surface area contributed by atoms with E-state index < -0.39 is 0 Å². The SMILES string of the molecule is CNC(=O)c1[nH]nc2ncccc12. The first-order valence-corrected chi connectivity index (χ1v) is 3.84. The summed E-state index contributed by atoms with van der Waals surface area (Å²) in [6, 6.07) is 3.57. The van der Waals surface area contributed by atoms with Crippen LogP contribution in [0.3, 0.4) is 0 Å². The Morgan fingerprint density at radius 1 is 1.62 bits per heavy atom. The first-order valence-electron chi connectivity index (χ1n) is 3.84. The van der Waals surface area contributed by atoms with Crippen molar-refractivity contribution in [3.05, 3.63) is 24.0 Å². The van der Waals surface area contributed by atoms with Crippen LogP contribution >= 0.6 is 0 Å². The number of amides is 1. The number of aromatic amines is 1. The fourth-order valence-electron chi connectivity index (χ4n) is 1.15. The molecular formula is C8H8N4O. The quantitative estimate of drug-likeness (QED) is 0.657. The zero-order valence-corrected chi connectivity index (χ0v) is 7.03. The Bertz CT molecular complexity index is 448. The lowest BCUT2D eigenvalue weighted by molar-refractivity contribution is 0.0959. The summed E-state index contributed by atoms with van der Waals surface area (Å²) in [7, 11) is 1.57. The van der Waals surface area contributed by atoms with Crippen LogP contribution in [0, 0.1) is 0 Å². The van der Waals surface area contributed by atoms with Gasteiger partial charge in [-0.25, -0.2) is 4.98 Å². The van der Waals surface area contributed by atoms with Gasteiger partial charge in [-0.15, -0.1) is 0 Å². The van der Waals surface area contributed by atoms with E-state index in [0.29, 0.717) is 11.3 Å². The molecule has 0 aliphatic carbocycles. The van der Waals surface area contributed by atoms with Crippen LogP contribution < -0.4 is 5.32 Å². The highest BCUT2D eigenvalue weighted by molar-refractivity contribution is 6.03. The molecule has 0 radical (unpaired) electrons. The second-order valence-corrected chi connectivity index (χ2v) is 2.55. The average Bonchev–Trinajstić information content (AvgIpc) is 2.60. The van der Waals surface area contributed by atoms with Gasteiger partial charge in [-0.3, -0.25) is 9.89 Å². The highest BCUT2D eigenvalue weighted by atomic mass is 16.1. The highest BCUT2D eigenvalue weighted by Gasteiger charge is 2.11. The van der Waals surface area contributed by atoms with Gasteiger partial charge in [-0.05, 0) is 12.1 Å². The van der Waals surface area contributed by atoms with E-state index in [0.717, 1.165) is 5.39 Å². The van der Waals surface area contributed by atoms with Gasteiger partial charge < -0.3 is 5.32 Å². The minimum atomic E-state index is -0.185. The normalized spacial score (nSPS) is 10.2. The van der Waals surface area contributed by atoms with Crippen molar-refractivity contribution in [3.63, 3.8) is 0 Å². The molecule has 0 bridgehead atoms. The van der Waals surface area contributed by atoms with Crippen LogP contribution in [0.2, 0.25) is 0 Å². The molecule has 2 aromatic heterocycles. The number of hydrogen-bond donors (Lipinski definition) is 2. The summed E-state index contributed by atoms with van der Waals surface area (Å²) in [4.78, 5) is 15.3. The van der Waals surface area contributed by atoms with Crippen molar-refractivity contribution in [2.24, 2.45) is 0 Å². The maximum Gasteiger partial charge on any atom is 0.269 e. The third-order valence-corrected chi connectivity index (χ3v) is 1.78. The lowest BCUT2D eigenvalue weighted by Gasteiger charge is -1.94. The zero-order valence-electron chi connectivity index (χ0n) is 7.03. The second kappa shape index (κ2) is 2.85. The minimum absolute atomic E-state index is 0.185. The number of nitrogens with zero attached hydrogens (tertiary/aromatic N) is 2. The molecule has 66 valence electrons. The van der Waals surface area contributed by atoms with Gasteiger partial charge in [0.15, 0.2) is 5.65 Å². The zero-order chi connectivity index (χ0) is 9.26. The van der Waals surface area contributed by atoms with Crippen LogP contribution in [0.1, 0.15) is 10.5 Å². The molecule has 0 fully saturated rings. The molecule has 1 amide bonds. The van der Waals surface area contributed by atoms with E-state index >= 15 is 0 Å². The van der Waals surface area contributed by atoms with Crippen molar-refractivity contribution >= 4 is 16.9 Å².